The van der Waals surface area contributed by atoms with Crippen molar-refractivity contribution in [1.29, 1.82) is 0 Å². The van der Waals surface area contributed by atoms with Crippen molar-refractivity contribution in [2.75, 3.05) is 0 Å². The summed E-state index contributed by atoms with van der Waals surface area (Å²) in [6.45, 7) is 0. The summed E-state index contributed by atoms with van der Waals surface area (Å²) >= 11 is 0. The predicted octanol–water partition coefficient (Wildman–Crippen LogP) is 2.01. The van der Waals surface area contributed by atoms with Crippen molar-refractivity contribution in [3.05, 3.63) is 48.5 Å². The topological polar surface area (TPSA) is 130 Å². The summed E-state index contributed by atoms with van der Waals surface area (Å²) in [7, 11) is -10.2. The minimum absolute atomic E-state index is 0.173. The van der Waals surface area contributed by atoms with Crippen LogP contribution in [0.25, 0.3) is 21.5 Å². The number of rotatable bonds is 4. The quantitative estimate of drug-likeness (QED) is 0.420. The van der Waals surface area contributed by atoms with Crippen molar-refractivity contribution in [3.8, 4) is 11.5 Å². The van der Waals surface area contributed by atoms with Gasteiger partial charge in [-0.2, -0.15) is 8.42 Å². The first-order valence-corrected chi connectivity index (χ1v) is 9.10. The Bertz CT molecular complexity index is 1150. The van der Waals surface area contributed by atoms with E-state index in [2.05, 4.69) is 8.37 Å². The molecule has 0 unspecified atom stereocenters. The second-order valence-corrected chi connectivity index (χ2v) is 6.79. The SMILES string of the molecule is O=S(=O)([O-])Oc1ccc2ccc3ccccc3c2c1OS(=O)(=O)O. The highest BCUT2D eigenvalue weighted by molar-refractivity contribution is 7.81. The van der Waals surface area contributed by atoms with E-state index in [1.807, 2.05) is 0 Å². The van der Waals surface area contributed by atoms with Gasteiger partial charge in [-0.3, -0.25) is 4.55 Å². The highest BCUT2D eigenvalue weighted by atomic mass is 32.3. The van der Waals surface area contributed by atoms with Crippen LogP contribution in [-0.2, 0) is 20.8 Å². The molecule has 0 fully saturated rings. The third kappa shape index (κ3) is 3.41. The molecule has 3 rings (SSSR count). The summed E-state index contributed by atoms with van der Waals surface area (Å²) in [6.07, 6.45) is 0. The summed E-state index contributed by atoms with van der Waals surface area (Å²) in [5, 5.41) is 1.88. The van der Waals surface area contributed by atoms with Gasteiger partial charge < -0.3 is 12.9 Å². The molecule has 0 saturated heterocycles. The van der Waals surface area contributed by atoms with Crippen molar-refractivity contribution < 1.29 is 34.3 Å². The van der Waals surface area contributed by atoms with E-state index in [1.165, 1.54) is 6.07 Å². The molecule has 0 aliphatic heterocycles. The van der Waals surface area contributed by atoms with E-state index in [0.717, 1.165) is 6.07 Å². The first-order chi connectivity index (χ1) is 11.1. The molecular weight excluding hydrogens is 360 g/mol. The first-order valence-electron chi connectivity index (χ1n) is 6.41. The number of benzene rings is 3. The molecule has 126 valence electrons. The minimum Gasteiger partial charge on any atom is -0.716 e. The molecule has 8 nitrogen and oxygen atoms in total. The van der Waals surface area contributed by atoms with Crippen LogP contribution in [0.1, 0.15) is 0 Å². The Morgan fingerprint density at radius 3 is 2.12 bits per heavy atom. The molecule has 0 radical (unpaired) electrons. The van der Waals surface area contributed by atoms with E-state index in [4.69, 9.17) is 4.55 Å². The second kappa shape index (κ2) is 5.60. The van der Waals surface area contributed by atoms with Crippen molar-refractivity contribution in [1.82, 2.24) is 0 Å². The molecule has 0 aliphatic rings. The van der Waals surface area contributed by atoms with E-state index in [-0.39, 0.29) is 5.39 Å². The molecule has 24 heavy (non-hydrogen) atoms. The molecule has 0 aromatic heterocycles. The van der Waals surface area contributed by atoms with Gasteiger partial charge in [-0.1, -0.05) is 42.5 Å². The van der Waals surface area contributed by atoms with Gasteiger partial charge in [0.1, 0.15) is 0 Å². The van der Waals surface area contributed by atoms with Crippen LogP contribution >= 0.6 is 0 Å². The minimum atomic E-state index is -5.18. The van der Waals surface area contributed by atoms with E-state index >= 15 is 0 Å². The summed E-state index contributed by atoms with van der Waals surface area (Å²) in [5.41, 5.74) is 0. The Morgan fingerprint density at radius 2 is 1.46 bits per heavy atom. The molecule has 0 saturated carbocycles. The van der Waals surface area contributed by atoms with Gasteiger partial charge in [-0.25, -0.2) is 8.42 Å². The van der Waals surface area contributed by atoms with Gasteiger partial charge in [-0.15, -0.1) is 0 Å². The molecule has 0 amide bonds. The Labute approximate surface area is 137 Å². The molecule has 0 aliphatic carbocycles. The lowest BCUT2D eigenvalue weighted by atomic mass is 10.0. The monoisotopic (exact) mass is 369 g/mol. The first kappa shape index (κ1) is 16.5. The number of fused-ring (bicyclic) bond motifs is 3. The summed E-state index contributed by atoms with van der Waals surface area (Å²) < 4.78 is 72.7. The zero-order valence-corrected chi connectivity index (χ0v) is 13.4. The highest BCUT2D eigenvalue weighted by Gasteiger charge is 2.20. The van der Waals surface area contributed by atoms with Gasteiger partial charge >= 0.3 is 10.4 Å². The lowest BCUT2D eigenvalue weighted by Gasteiger charge is -2.15. The van der Waals surface area contributed by atoms with Crippen LogP contribution in [-0.4, -0.2) is 25.9 Å². The number of hydrogen-bond donors (Lipinski definition) is 1. The van der Waals surface area contributed by atoms with Crippen LogP contribution in [0.3, 0.4) is 0 Å². The summed E-state index contributed by atoms with van der Waals surface area (Å²) in [4.78, 5) is 0. The largest absolute Gasteiger partial charge is 0.716 e. The van der Waals surface area contributed by atoms with Crippen LogP contribution in [0.15, 0.2) is 48.5 Å². The normalized spacial score (nSPS) is 12.4. The molecular formula is C14H9O8S2-. The van der Waals surface area contributed by atoms with E-state index < -0.39 is 32.3 Å². The molecule has 3 aromatic carbocycles. The maximum absolute atomic E-state index is 11.1. The zero-order valence-electron chi connectivity index (χ0n) is 11.7. The van der Waals surface area contributed by atoms with Gasteiger partial charge in [0, 0.05) is 5.39 Å². The van der Waals surface area contributed by atoms with Crippen LogP contribution in [0.4, 0.5) is 0 Å². The molecule has 1 N–H and O–H groups in total. The molecule has 0 atom stereocenters. The van der Waals surface area contributed by atoms with Crippen LogP contribution in [0.2, 0.25) is 0 Å². The van der Waals surface area contributed by atoms with Crippen LogP contribution in [0, 0.1) is 0 Å². The van der Waals surface area contributed by atoms with Crippen molar-refractivity contribution in [2.24, 2.45) is 0 Å². The van der Waals surface area contributed by atoms with Crippen molar-refractivity contribution in [3.63, 3.8) is 0 Å². The fourth-order valence-corrected chi connectivity index (χ4v) is 3.14. The molecule has 0 heterocycles. The van der Waals surface area contributed by atoms with E-state index in [0.29, 0.717) is 16.2 Å². The average Bonchev–Trinajstić information content (AvgIpc) is 2.46. The van der Waals surface area contributed by atoms with E-state index in [1.54, 1.807) is 36.4 Å². The van der Waals surface area contributed by atoms with E-state index in [9.17, 15) is 21.4 Å². The standard InChI is InChI=1S/C14H10O8S2/c15-23(16,17)21-12-8-7-10-6-5-9-3-1-2-4-11(9)13(10)14(12)22-24(18,19)20/h1-8H,(H,15,16,17)(H,18,19,20)/p-1. The van der Waals surface area contributed by atoms with Crippen molar-refractivity contribution in [2.45, 2.75) is 0 Å². The maximum Gasteiger partial charge on any atom is 0.446 e. The molecule has 10 heteroatoms. The number of hydrogen-bond acceptors (Lipinski definition) is 7. The third-order valence-corrected chi connectivity index (χ3v) is 3.97. The average molecular weight is 369 g/mol. The lowest BCUT2D eigenvalue weighted by Crippen LogP contribution is -2.12. The summed E-state index contributed by atoms with van der Waals surface area (Å²) in [6, 6.07) is 12.7. The van der Waals surface area contributed by atoms with Gasteiger partial charge in [-0.05, 0) is 22.2 Å². The molecule has 3 aromatic rings. The Balaban J connectivity index is 2.44. The van der Waals surface area contributed by atoms with Crippen LogP contribution < -0.4 is 8.37 Å². The maximum atomic E-state index is 11.1. The lowest BCUT2D eigenvalue weighted by molar-refractivity contribution is 0.355. The molecule has 0 spiro atoms. The Hall–Kier alpha value is -2.40. The fraction of sp³-hybridized carbons (Fsp3) is 0. The summed E-state index contributed by atoms with van der Waals surface area (Å²) in [5.74, 6) is -1.24. The second-order valence-electron chi connectivity index (χ2n) is 4.78. The fourth-order valence-electron chi connectivity index (χ4n) is 2.41. The zero-order chi connectivity index (χ0) is 17.5. The smallest absolute Gasteiger partial charge is 0.446 e. The van der Waals surface area contributed by atoms with Crippen molar-refractivity contribution >= 4 is 42.3 Å². The Kier molecular flexibility index (Phi) is 3.84. The predicted molar refractivity (Wildman–Crippen MR) is 84.0 cm³/mol. The van der Waals surface area contributed by atoms with Gasteiger partial charge in [0.2, 0.25) is 0 Å². The molecule has 0 bridgehead atoms. The highest BCUT2D eigenvalue weighted by Crippen LogP contribution is 2.41. The third-order valence-electron chi connectivity index (χ3n) is 3.21. The van der Waals surface area contributed by atoms with Gasteiger partial charge in [0.15, 0.2) is 11.5 Å². The Morgan fingerprint density at radius 1 is 0.833 bits per heavy atom. The van der Waals surface area contributed by atoms with Crippen LogP contribution in [0.5, 0.6) is 11.5 Å². The van der Waals surface area contributed by atoms with Gasteiger partial charge in [0.25, 0.3) is 10.4 Å². The van der Waals surface area contributed by atoms with Gasteiger partial charge in [0.05, 0.1) is 0 Å².